The minimum Gasteiger partial charge on any atom is -0.316 e. The summed E-state index contributed by atoms with van der Waals surface area (Å²) in [5, 5.41) is 8.64. The first-order valence-corrected chi connectivity index (χ1v) is 12.7. The molecule has 0 aliphatic rings. The third-order valence-corrected chi connectivity index (χ3v) is 6.96. The van der Waals surface area contributed by atoms with Crippen molar-refractivity contribution in [2.24, 2.45) is 0 Å². The Morgan fingerprint density at radius 2 is 1.03 bits per heavy atom. The highest BCUT2D eigenvalue weighted by Gasteiger charge is 2.10. The van der Waals surface area contributed by atoms with Gasteiger partial charge in [0.1, 0.15) is 0 Å². The normalized spacial score (nSPS) is 11.5. The van der Waals surface area contributed by atoms with Crippen LogP contribution in [-0.4, -0.2) is 25.0 Å². The molecule has 0 unspecified atom stereocenters. The summed E-state index contributed by atoms with van der Waals surface area (Å²) in [5.41, 5.74) is 5.57. The van der Waals surface area contributed by atoms with Crippen molar-refractivity contribution < 1.29 is 0 Å². The van der Waals surface area contributed by atoms with Crippen molar-refractivity contribution in [1.29, 1.82) is 0 Å². The number of nitrogens with one attached hydrogen (secondary N) is 1. The maximum absolute atomic E-state index is 3.24. The minimum atomic E-state index is 0.909. The first-order chi connectivity index (χ1) is 17.3. The van der Waals surface area contributed by atoms with Crippen LogP contribution in [0.1, 0.15) is 22.3 Å². The van der Waals surface area contributed by atoms with Gasteiger partial charge < -0.3 is 5.32 Å². The molecule has 1 N–H and O–H groups in total. The van der Waals surface area contributed by atoms with Gasteiger partial charge in [0, 0.05) is 26.2 Å². The van der Waals surface area contributed by atoms with E-state index in [4.69, 9.17) is 0 Å². The maximum atomic E-state index is 3.24. The zero-order valence-electron chi connectivity index (χ0n) is 20.6. The third kappa shape index (κ3) is 5.79. The zero-order valence-corrected chi connectivity index (χ0v) is 20.6. The van der Waals surface area contributed by atoms with E-state index in [2.05, 4.69) is 119 Å². The molecule has 5 aromatic carbocycles. The van der Waals surface area contributed by atoms with E-state index < -0.39 is 0 Å². The highest BCUT2D eigenvalue weighted by molar-refractivity contribution is 5.86. The fraction of sp³-hybridized carbons (Fsp3) is 0.212. The number of rotatable bonds is 10. The minimum absolute atomic E-state index is 0.909. The summed E-state index contributed by atoms with van der Waals surface area (Å²) >= 11 is 0. The van der Waals surface area contributed by atoms with Crippen LogP contribution < -0.4 is 5.32 Å². The number of hydrogen-bond acceptors (Lipinski definition) is 2. The molecule has 0 spiro atoms. The van der Waals surface area contributed by atoms with Crippen molar-refractivity contribution in [2.45, 2.75) is 25.9 Å². The summed E-state index contributed by atoms with van der Waals surface area (Å²) in [5.74, 6) is 0. The maximum Gasteiger partial charge on any atom is 0.0233 e. The molecule has 0 aliphatic carbocycles. The zero-order chi connectivity index (χ0) is 23.9. The Morgan fingerprint density at radius 1 is 0.543 bits per heavy atom. The molecular weight excluding hydrogens is 424 g/mol. The van der Waals surface area contributed by atoms with Crippen LogP contribution in [0.4, 0.5) is 0 Å². The van der Waals surface area contributed by atoms with E-state index in [1.54, 1.807) is 0 Å². The average Bonchev–Trinajstić information content (AvgIpc) is 2.91. The van der Waals surface area contributed by atoms with Gasteiger partial charge in [0.2, 0.25) is 0 Å². The number of fused-ring (bicyclic) bond motifs is 2. The second kappa shape index (κ2) is 11.3. The summed E-state index contributed by atoms with van der Waals surface area (Å²) in [7, 11) is 2.00. The fourth-order valence-corrected chi connectivity index (χ4v) is 5.07. The predicted molar refractivity (Wildman–Crippen MR) is 150 cm³/mol. The van der Waals surface area contributed by atoms with Crippen molar-refractivity contribution in [2.75, 3.05) is 20.1 Å². The summed E-state index contributed by atoms with van der Waals surface area (Å²) < 4.78 is 0. The molecule has 0 bridgehead atoms. The molecule has 0 fully saturated rings. The molecule has 176 valence electrons. The molecule has 0 aromatic heterocycles. The fourth-order valence-electron chi connectivity index (χ4n) is 5.07. The van der Waals surface area contributed by atoms with Crippen LogP contribution in [0.15, 0.2) is 109 Å². The van der Waals surface area contributed by atoms with Crippen molar-refractivity contribution in [3.63, 3.8) is 0 Å². The van der Waals surface area contributed by atoms with Crippen LogP contribution in [0.5, 0.6) is 0 Å². The molecule has 0 amide bonds. The van der Waals surface area contributed by atoms with Gasteiger partial charge in [-0.1, -0.05) is 109 Å². The van der Waals surface area contributed by atoms with Gasteiger partial charge in [0.15, 0.2) is 0 Å². The largest absolute Gasteiger partial charge is 0.316 e. The van der Waals surface area contributed by atoms with Crippen LogP contribution in [-0.2, 0) is 25.9 Å². The van der Waals surface area contributed by atoms with E-state index >= 15 is 0 Å². The van der Waals surface area contributed by atoms with Gasteiger partial charge in [-0.2, -0.15) is 0 Å². The Kier molecular flexibility index (Phi) is 7.53. The smallest absolute Gasteiger partial charge is 0.0233 e. The quantitative estimate of drug-likeness (QED) is 0.242. The molecular formula is C33H34N2. The molecule has 5 aromatic rings. The molecule has 2 nitrogen and oxygen atoms in total. The van der Waals surface area contributed by atoms with Crippen LogP contribution in [0.25, 0.3) is 21.5 Å². The van der Waals surface area contributed by atoms with Crippen molar-refractivity contribution in [1.82, 2.24) is 10.2 Å². The molecule has 2 heteroatoms. The lowest BCUT2D eigenvalue weighted by Crippen LogP contribution is -2.28. The topological polar surface area (TPSA) is 15.3 Å². The highest BCUT2D eigenvalue weighted by Crippen LogP contribution is 2.21. The van der Waals surface area contributed by atoms with Gasteiger partial charge in [-0.05, 0) is 63.7 Å². The predicted octanol–water partition coefficient (Wildman–Crippen LogP) is 7.00. The Balaban J connectivity index is 1.35. The Morgan fingerprint density at radius 3 is 1.57 bits per heavy atom. The molecule has 35 heavy (non-hydrogen) atoms. The molecule has 0 saturated heterocycles. The van der Waals surface area contributed by atoms with Crippen molar-refractivity contribution in [3.8, 4) is 0 Å². The van der Waals surface area contributed by atoms with E-state index in [9.17, 15) is 0 Å². The molecule has 0 saturated carbocycles. The SMILES string of the molecule is CNCc1ccc(CN(CCc2cccc3ccccc23)CCc2cccc3ccccc23)cc1. The standard InChI is InChI=1S/C33H34N2/c1-34-24-26-16-18-27(19-17-26)25-35(22-20-30-12-6-10-28-8-2-4-14-32(28)30)23-21-31-13-7-11-29-9-3-5-15-33(29)31/h2-19,34H,20-25H2,1H3. The van der Waals surface area contributed by atoms with Crippen LogP contribution >= 0.6 is 0 Å². The van der Waals surface area contributed by atoms with Gasteiger partial charge in [0.05, 0.1) is 0 Å². The lowest BCUT2D eigenvalue weighted by molar-refractivity contribution is 0.272. The van der Waals surface area contributed by atoms with Gasteiger partial charge in [-0.25, -0.2) is 0 Å². The van der Waals surface area contributed by atoms with E-state index in [-0.39, 0.29) is 0 Å². The molecule has 0 radical (unpaired) electrons. The lowest BCUT2D eigenvalue weighted by Gasteiger charge is -2.23. The Labute approximate surface area is 209 Å². The highest BCUT2D eigenvalue weighted by atomic mass is 15.1. The van der Waals surface area contributed by atoms with Crippen LogP contribution in [0.2, 0.25) is 0 Å². The monoisotopic (exact) mass is 458 g/mol. The Bertz CT molecular complexity index is 1290. The second-order valence-corrected chi connectivity index (χ2v) is 9.40. The number of nitrogens with zero attached hydrogens (tertiary/aromatic N) is 1. The first-order valence-electron chi connectivity index (χ1n) is 12.7. The molecule has 5 rings (SSSR count). The van der Waals surface area contributed by atoms with Crippen molar-refractivity contribution >= 4 is 21.5 Å². The van der Waals surface area contributed by atoms with E-state index in [1.807, 2.05) is 7.05 Å². The van der Waals surface area contributed by atoms with Gasteiger partial charge in [0.25, 0.3) is 0 Å². The summed E-state index contributed by atoms with van der Waals surface area (Å²) in [6, 6.07) is 39.9. The van der Waals surface area contributed by atoms with E-state index in [0.29, 0.717) is 0 Å². The van der Waals surface area contributed by atoms with Gasteiger partial charge in [-0.3, -0.25) is 4.90 Å². The van der Waals surface area contributed by atoms with Gasteiger partial charge in [-0.15, -0.1) is 0 Å². The molecule has 0 heterocycles. The summed E-state index contributed by atoms with van der Waals surface area (Å²) in [4.78, 5) is 2.62. The van der Waals surface area contributed by atoms with E-state index in [1.165, 1.54) is 43.8 Å². The second-order valence-electron chi connectivity index (χ2n) is 9.40. The van der Waals surface area contributed by atoms with Crippen molar-refractivity contribution in [3.05, 3.63) is 131 Å². The van der Waals surface area contributed by atoms with Crippen LogP contribution in [0.3, 0.4) is 0 Å². The Hall–Kier alpha value is -3.46. The molecule has 0 atom stereocenters. The van der Waals surface area contributed by atoms with E-state index in [0.717, 1.165) is 39.0 Å². The molecule has 0 aliphatic heterocycles. The number of benzene rings is 5. The summed E-state index contributed by atoms with van der Waals surface area (Å²) in [6.45, 7) is 3.95. The summed E-state index contributed by atoms with van der Waals surface area (Å²) in [6.07, 6.45) is 2.10. The van der Waals surface area contributed by atoms with Gasteiger partial charge >= 0.3 is 0 Å². The average molecular weight is 459 g/mol. The number of hydrogen-bond donors (Lipinski definition) is 1. The van der Waals surface area contributed by atoms with Crippen LogP contribution in [0, 0.1) is 0 Å². The first kappa shape index (κ1) is 23.3. The third-order valence-electron chi connectivity index (χ3n) is 6.96. The lowest BCUT2D eigenvalue weighted by atomic mass is 10.0.